The molecule has 0 bridgehead atoms. The van der Waals surface area contributed by atoms with Crippen LogP contribution >= 0.6 is 0 Å². The molecule has 1 atom stereocenters. The van der Waals surface area contributed by atoms with Crippen molar-refractivity contribution in [2.45, 2.75) is 12.5 Å². The van der Waals surface area contributed by atoms with E-state index in [2.05, 4.69) is 27.4 Å². The summed E-state index contributed by atoms with van der Waals surface area (Å²) in [6.07, 6.45) is 6.12. The SMILES string of the molecule is NC(CNc1cc(-c2ccncc2)c(-c2ccc(F)cc2)cn1)Cc1ccccc1. The molecule has 2 heterocycles. The summed E-state index contributed by atoms with van der Waals surface area (Å²) in [4.78, 5) is 8.68. The maximum Gasteiger partial charge on any atom is 0.126 e. The van der Waals surface area contributed by atoms with Gasteiger partial charge in [-0.25, -0.2) is 9.37 Å². The van der Waals surface area contributed by atoms with E-state index in [0.717, 1.165) is 34.5 Å². The van der Waals surface area contributed by atoms with Crippen molar-refractivity contribution < 1.29 is 4.39 Å². The molecule has 0 radical (unpaired) electrons. The second kappa shape index (κ2) is 9.29. The van der Waals surface area contributed by atoms with E-state index >= 15 is 0 Å². The van der Waals surface area contributed by atoms with Crippen LogP contribution in [0, 0.1) is 5.82 Å². The van der Waals surface area contributed by atoms with Crippen LogP contribution in [0.4, 0.5) is 10.2 Å². The Morgan fingerprint density at radius 2 is 1.57 bits per heavy atom. The Morgan fingerprint density at radius 1 is 0.867 bits per heavy atom. The quantitative estimate of drug-likeness (QED) is 0.463. The lowest BCUT2D eigenvalue weighted by Crippen LogP contribution is -2.31. The number of benzene rings is 2. The predicted molar refractivity (Wildman–Crippen MR) is 119 cm³/mol. The van der Waals surface area contributed by atoms with Crippen LogP contribution in [-0.4, -0.2) is 22.6 Å². The first-order chi connectivity index (χ1) is 14.7. The van der Waals surface area contributed by atoms with Gasteiger partial charge in [0.1, 0.15) is 11.6 Å². The fourth-order valence-electron chi connectivity index (χ4n) is 3.41. The zero-order chi connectivity index (χ0) is 20.8. The molecule has 1 unspecified atom stereocenters. The molecule has 0 aliphatic heterocycles. The van der Waals surface area contributed by atoms with Gasteiger partial charge in [0.2, 0.25) is 0 Å². The van der Waals surface area contributed by atoms with Gasteiger partial charge in [-0.3, -0.25) is 4.98 Å². The molecule has 0 aliphatic rings. The van der Waals surface area contributed by atoms with E-state index in [1.165, 1.54) is 17.7 Å². The van der Waals surface area contributed by atoms with Crippen molar-refractivity contribution in [2.75, 3.05) is 11.9 Å². The molecule has 0 fully saturated rings. The minimum absolute atomic E-state index is 0.0321. The van der Waals surface area contributed by atoms with Crippen LogP contribution in [0.25, 0.3) is 22.3 Å². The van der Waals surface area contributed by atoms with Crippen LogP contribution < -0.4 is 11.1 Å². The third-order valence-corrected chi connectivity index (χ3v) is 4.94. The van der Waals surface area contributed by atoms with Crippen molar-refractivity contribution in [2.24, 2.45) is 5.73 Å². The average molecular weight is 398 g/mol. The standard InChI is InChI=1S/C25H23FN4/c26-21-8-6-19(7-9-21)24-17-30-25(15-23(24)20-10-12-28-13-11-20)29-16-22(27)14-18-4-2-1-3-5-18/h1-13,15,17,22H,14,16,27H2,(H,29,30). The third kappa shape index (κ3) is 4.88. The Hall–Kier alpha value is -3.57. The molecule has 4 nitrogen and oxygen atoms in total. The van der Waals surface area contributed by atoms with E-state index in [-0.39, 0.29) is 11.9 Å². The molecule has 2 aromatic carbocycles. The monoisotopic (exact) mass is 398 g/mol. The molecule has 30 heavy (non-hydrogen) atoms. The van der Waals surface area contributed by atoms with Gasteiger partial charge >= 0.3 is 0 Å². The summed E-state index contributed by atoms with van der Waals surface area (Å²) in [5, 5.41) is 3.35. The number of nitrogens with two attached hydrogens (primary N) is 1. The molecule has 4 aromatic rings. The van der Waals surface area contributed by atoms with E-state index < -0.39 is 0 Å². The molecular formula is C25H23FN4. The second-order valence-electron chi connectivity index (χ2n) is 7.19. The fraction of sp³-hybridized carbons (Fsp3) is 0.120. The van der Waals surface area contributed by atoms with Gasteiger partial charge in [0, 0.05) is 36.7 Å². The average Bonchev–Trinajstić information content (AvgIpc) is 2.79. The van der Waals surface area contributed by atoms with Gasteiger partial charge in [-0.15, -0.1) is 0 Å². The number of hydrogen-bond acceptors (Lipinski definition) is 4. The summed E-state index contributed by atoms with van der Waals surface area (Å²) in [5.41, 5.74) is 11.4. The number of pyridine rings is 2. The van der Waals surface area contributed by atoms with Gasteiger partial charge in [0.25, 0.3) is 0 Å². The van der Waals surface area contributed by atoms with Crippen molar-refractivity contribution in [1.29, 1.82) is 0 Å². The van der Waals surface area contributed by atoms with Gasteiger partial charge in [-0.1, -0.05) is 42.5 Å². The van der Waals surface area contributed by atoms with E-state index in [0.29, 0.717) is 6.54 Å². The number of anilines is 1. The number of nitrogens with zero attached hydrogens (tertiary/aromatic N) is 2. The molecule has 5 heteroatoms. The Bertz CT molecular complexity index is 1080. The molecule has 4 rings (SSSR count). The van der Waals surface area contributed by atoms with Crippen LogP contribution in [0.1, 0.15) is 5.56 Å². The van der Waals surface area contributed by atoms with Crippen molar-refractivity contribution in [3.8, 4) is 22.3 Å². The van der Waals surface area contributed by atoms with Crippen LogP contribution in [0.2, 0.25) is 0 Å². The summed E-state index contributed by atoms with van der Waals surface area (Å²) in [6, 6.07) is 22.5. The van der Waals surface area contributed by atoms with Crippen LogP contribution in [-0.2, 0) is 6.42 Å². The van der Waals surface area contributed by atoms with Gasteiger partial charge in [-0.05, 0) is 59.0 Å². The van der Waals surface area contributed by atoms with Crippen LogP contribution in [0.15, 0.2) is 91.4 Å². The van der Waals surface area contributed by atoms with Gasteiger partial charge in [-0.2, -0.15) is 0 Å². The van der Waals surface area contributed by atoms with Crippen LogP contribution in [0.5, 0.6) is 0 Å². The van der Waals surface area contributed by atoms with Gasteiger partial charge < -0.3 is 11.1 Å². The van der Waals surface area contributed by atoms with Crippen molar-refractivity contribution >= 4 is 5.82 Å². The molecule has 0 aliphatic carbocycles. The Morgan fingerprint density at radius 3 is 2.30 bits per heavy atom. The number of halogens is 1. The molecule has 0 spiro atoms. The molecule has 0 amide bonds. The number of rotatable bonds is 7. The Kier molecular flexibility index (Phi) is 6.11. The normalized spacial score (nSPS) is 11.8. The third-order valence-electron chi connectivity index (χ3n) is 4.94. The second-order valence-corrected chi connectivity index (χ2v) is 7.19. The topological polar surface area (TPSA) is 63.8 Å². The van der Waals surface area contributed by atoms with Crippen LogP contribution in [0.3, 0.4) is 0 Å². The number of hydrogen-bond donors (Lipinski definition) is 2. The maximum atomic E-state index is 13.4. The van der Waals surface area contributed by atoms with Crippen molar-refractivity contribution in [3.63, 3.8) is 0 Å². The smallest absolute Gasteiger partial charge is 0.126 e. The minimum atomic E-state index is -0.261. The zero-order valence-electron chi connectivity index (χ0n) is 16.5. The van der Waals surface area contributed by atoms with Gasteiger partial charge in [0.15, 0.2) is 0 Å². The summed E-state index contributed by atoms with van der Waals surface area (Å²) >= 11 is 0. The summed E-state index contributed by atoms with van der Waals surface area (Å²) in [7, 11) is 0. The van der Waals surface area contributed by atoms with Crippen molar-refractivity contribution in [3.05, 3.63) is 103 Å². The lowest BCUT2D eigenvalue weighted by Gasteiger charge is -2.16. The zero-order valence-corrected chi connectivity index (χ0v) is 16.5. The number of nitrogens with one attached hydrogen (secondary N) is 1. The molecular weight excluding hydrogens is 375 g/mol. The molecule has 0 saturated carbocycles. The molecule has 3 N–H and O–H groups in total. The maximum absolute atomic E-state index is 13.4. The Balaban J connectivity index is 1.57. The minimum Gasteiger partial charge on any atom is -0.368 e. The lowest BCUT2D eigenvalue weighted by molar-refractivity contribution is 0.628. The van der Waals surface area contributed by atoms with E-state index in [1.54, 1.807) is 24.5 Å². The first-order valence-electron chi connectivity index (χ1n) is 9.89. The lowest BCUT2D eigenvalue weighted by atomic mass is 9.97. The summed E-state index contributed by atoms with van der Waals surface area (Å²) in [6.45, 7) is 0.605. The number of aromatic nitrogens is 2. The first-order valence-corrected chi connectivity index (χ1v) is 9.89. The fourth-order valence-corrected chi connectivity index (χ4v) is 3.41. The molecule has 0 saturated heterocycles. The van der Waals surface area contributed by atoms with Gasteiger partial charge in [0.05, 0.1) is 0 Å². The highest BCUT2D eigenvalue weighted by Crippen LogP contribution is 2.33. The predicted octanol–water partition coefficient (Wildman–Crippen LogP) is 4.93. The highest BCUT2D eigenvalue weighted by molar-refractivity contribution is 5.84. The summed E-state index contributed by atoms with van der Waals surface area (Å²) in [5.74, 6) is 0.485. The van der Waals surface area contributed by atoms with E-state index in [9.17, 15) is 4.39 Å². The largest absolute Gasteiger partial charge is 0.368 e. The van der Waals surface area contributed by atoms with E-state index in [1.807, 2.05) is 42.6 Å². The highest BCUT2D eigenvalue weighted by atomic mass is 19.1. The molecule has 150 valence electrons. The Labute approximate surface area is 175 Å². The highest BCUT2D eigenvalue weighted by Gasteiger charge is 2.11. The molecule has 2 aromatic heterocycles. The van der Waals surface area contributed by atoms with E-state index in [4.69, 9.17) is 5.73 Å². The first kappa shape index (κ1) is 19.7. The van der Waals surface area contributed by atoms with Crippen molar-refractivity contribution in [1.82, 2.24) is 9.97 Å². The summed E-state index contributed by atoms with van der Waals surface area (Å²) < 4.78 is 13.4.